The van der Waals surface area contributed by atoms with E-state index in [1.165, 1.54) is 5.56 Å². The molecule has 3 unspecified atom stereocenters. The third-order valence-electron chi connectivity index (χ3n) is 4.92. The highest BCUT2D eigenvalue weighted by atomic mass is 127. The van der Waals surface area contributed by atoms with E-state index >= 15 is 0 Å². The first kappa shape index (κ1) is 19.4. The molecule has 1 fully saturated rings. The number of nitrogens with one attached hydrogen (secondary N) is 2. The Balaban J connectivity index is 0.00000196. The molecule has 1 aliphatic carbocycles. The van der Waals surface area contributed by atoms with Crippen molar-refractivity contribution in [3.05, 3.63) is 46.5 Å². The van der Waals surface area contributed by atoms with Crippen LogP contribution in [0, 0.1) is 6.92 Å². The van der Waals surface area contributed by atoms with Crippen LogP contribution in [0.4, 0.5) is 0 Å². The molecule has 0 amide bonds. The van der Waals surface area contributed by atoms with Gasteiger partial charge in [-0.3, -0.25) is 4.99 Å². The highest BCUT2D eigenvalue weighted by molar-refractivity contribution is 14.0. The van der Waals surface area contributed by atoms with Crippen molar-refractivity contribution in [3.63, 3.8) is 0 Å². The number of halogens is 2. The predicted octanol–water partition coefficient (Wildman–Crippen LogP) is 2.89. The average Bonchev–Trinajstić information content (AvgIpc) is 3.26. The van der Waals surface area contributed by atoms with Crippen molar-refractivity contribution in [2.75, 3.05) is 7.05 Å². The van der Waals surface area contributed by atoms with Crippen LogP contribution in [0.15, 0.2) is 29.3 Å². The average molecular weight is 487 g/mol. The third-order valence-corrected chi connectivity index (χ3v) is 5.15. The molecule has 4 rings (SSSR count). The van der Waals surface area contributed by atoms with Crippen LogP contribution in [0.2, 0.25) is 5.02 Å². The SMILES string of the molecule is CN=C(NC1CCc2nc(C)nn2C1)NC1CC1c1cccc(Cl)c1.I. The van der Waals surface area contributed by atoms with Gasteiger partial charge in [0.2, 0.25) is 0 Å². The first-order valence-electron chi connectivity index (χ1n) is 8.78. The second kappa shape index (κ2) is 8.12. The topological polar surface area (TPSA) is 67.1 Å². The molecule has 2 aliphatic rings. The zero-order valence-corrected chi connectivity index (χ0v) is 18.0. The highest BCUT2D eigenvalue weighted by Gasteiger charge is 2.39. The Labute approximate surface area is 175 Å². The van der Waals surface area contributed by atoms with Gasteiger partial charge in [0.05, 0.1) is 6.54 Å². The summed E-state index contributed by atoms with van der Waals surface area (Å²) in [6.45, 7) is 2.77. The number of benzene rings is 1. The predicted molar refractivity (Wildman–Crippen MR) is 115 cm³/mol. The Morgan fingerprint density at radius 1 is 1.35 bits per heavy atom. The number of hydrogen-bond acceptors (Lipinski definition) is 3. The van der Waals surface area contributed by atoms with E-state index in [0.717, 1.165) is 48.4 Å². The van der Waals surface area contributed by atoms with E-state index < -0.39 is 0 Å². The molecule has 8 heteroatoms. The van der Waals surface area contributed by atoms with Gasteiger partial charge in [0.1, 0.15) is 11.6 Å². The van der Waals surface area contributed by atoms with E-state index in [-0.39, 0.29) is 24.0 Å². The smallest absolute Gasteiger partial charge is 0.191 e. The summed E-state index contributed by atoms with van der Waals surface area (Å²) in [6, 6.07) is 8.86. The number of aryl methyl sites for hydroxylation is 2. The molecule has 1 aromatic carbocycles. The summed E-state index contributed by atoms with van der Waals surface area (Å²) >= 11 is 6.10. The molecule has 6 nitrogen and oxygen atoms in total. The van der Waals surface area contributed by atoms with E-state index in [1.807, 2.05) is 30.8 Å². The lowest BCUT2D eigenvalue weighted by atomic mass is 10.1. The van der Waals surface area contributed by atoms with Gasteiger partial charge in [0.25, 0.3) is 0 Å². The van der Waals surface area contributed by atoms with Gasteiger partial charge < -0.3 is 10.6 Å². The minimum atomic E-state index is 0. The first-order chi connectivity index (χ1) is 12.1. The summed E-state index contributed by atoms with van der Waals surface area (Å²) in [5, 5.41) is 12.3. The molecule has 140 valence electrons. The molecule has 0 bridgehead atoms. The van der Waals surface area contributed by atoms with Gasteiger partial charge in [0.15, 0.2) is 5.96 Å². The summed E-state index contributed by atoms with van der Waals surface area (Å²) in [7, 11) is 1.82. The lowest BCUT2D eigenvalue weighted by molar-refractivity contribution is 0.392. The van der Waals surface area contributed by atoms with Gasteiger partial charge >= 0.3 is 0 Å². The molecule has 2 N–H and O–H groups in total. The van der Waals surface area contributed by atoms with Crippen LogP contribution in [0.1, 0.15) is 36.0 Å². The van der Waals surface area contributed by atoms with E-state index in [0.29, 0.717) is 18.0 Å². The van der Waals surface area contributed by atoms with Gasteiger partial charge in [-0.2, -0.15) is 5.10 Å². The van der Waals surface area contributed by atoms with Crippen LogP contribution in [-0.2, 0) is 13.0 Å². The number of aliphatic imine (C=N–C) groups is 1. The summed E-state index contributed by atoms with van der Waals surface area (Å²) < 4.78 is 2.01. The molecule has 0 radical (unpaired) electrons. The maximum atomic E-state index is 6.10. The Hall–Kier alpha value is -1.35. The fourth-order valence-electron chi connectivity index (χ4n) is 3.55. The number of guanidine groups is 1. The Kier molecular flexibility index (Phi) is 6.06. The van der Waals surface area contributed by atoms with E-state index in [4.69, 9.17) is 11.6 Å². The number of hydrogen-bond donors (Lipinski definition) is 2. The van der Waals surface area contributed by atoms with Crippen LogP contribution in [0.25, 0.3) is 0 Å². The maximum absolute atomic E-state index is 6.10. The first-order valence-corrected chi connectivity index (χ1v) is 9.16. The van der Waals surface area contributed by atoms with E-state index in [9.17, 15) is 0 Å². The summed E-state index contributed by atoms with van der Waals surface area (Å²) in [5.41, 5.74) is 1.29. The molecule has 0 saturated heterocycles. The van der Waals surface area contributed by atoms with Crippen LogP contribution in [-0.4, -0.2) is 39.9 Å². The lowest BCUT2D eigenvalue weighted by Gasteiger charge is -2.25. The Morgan fingerprint density at radius 3 is 2.96 bits per heavy atom. The minimum absolute atomic E-state index is 0. The molecule has 2 heterocycles. The van der Waals surface area contributed by atoms with Gasteiger partial charge in [-0.1, -0.05) is 23.7 Å². The van der Waals surface area contributed by atoms with Crippen LogP contribution < -0.4 is 10.6 Å². The fourth-order valence-corrected chi connectivity index (χ4v) is 3.75. The molecule has 1 aliphatic heterocycles. The normalized spacial score (nSPS) is 24.4. The van der Waals surface area contributed by atoms with Gasteiger partial charge in [-0.15, -0.1) is 24.0 Å². The molecule has 26 heavy (non-hydrogen) atoms. The van der Waals surface area contributed by atoms with Crippen molar-refractivity contribution in [2.24, 2.45) is 4.99 Å². The minimum Gasteiger partial charge on any atom is -0.353 e. The van der Waals surface area contributed by atoms with Crippen molar-refractivity contribution in [1.82, 2.24) is 25.4 Å². The van der Waals surface area contributed by atoms with Crippen LogP contribution in [0.5, 0.6) is 0 Å². The van der Waals surface area contributed by atoms with Crippen LogP contribution >= 0.6 is 35.6 Å². The summed E-state index contributed by atoms with van der Waals surface area (Å²) in [4.78, 5) is 8.85. The van der Waals surface area contributed by atoms with Gasteiger partial charge in [-0.25, -0.2) is 9.67 Å². The maximum Gasteiger partial charge on any atom is 0.191 e. The molecular formula is C18H24ClIN6. The standard InChI is InChI=1S/C18H23ClN6.HI/c1-11-21-17-7-6-14(10-25(17)24-11)22-18(20-2)23-16-9-15(16)12-4-3-5-13(19)8-12;/h3-5,8,14-16H,6-7,9-10H2,1-2H3,(H2,20,22,23);1H. The molecule has 3 atom stereocenters. The summed E-state index contributed by atoms with van der Waals surface area (Å²) in [5.74, 6) is 3.30. The third kappa shape index (κ3) is 4.31. The van der Waals surface area contributed by atoms with Crippen molar-refractivity contribution >= 4 is 41.5 Å². The van der Waals surface area contributed by atoms with Crippen molar-refractivity contribution in [3.8, 4) is 0 Å². The lowest BCUT2D eigenvalue weighted by Crippen LogP contribution is -2.47. The van der Waals surface area contributed by atoms with Crippen molar-refractivity contribution < 1.29 is 0 Å². The Morgan fingerprint density at radius 2 is 2.19 bits per heavy atom. The molecule has 1 aromatic heterocycles. The zero-order valence-electron chi connectivity index (χ0n) is 14.9. The second-order valence-electron chi connectivity index (χ2n) is 6.86. The van der Waals surface area contributed by atoms with Gasteiger partial charge in [-0.05, 0) is 37.5 Å². The fraction of sp³-hybridized carbons (Fsp3) is 0.500. The highest BCUT2D eigenvalue weighted by Crippen LogP contribution is 2.41. The second-order valence-corrected chi connectivity index (χ2v) is 7.29. The zero-order chi connectivity index (χ0) is 17.4. The molecular weight excluding hydrogens is 463 g/mol. The summed E-state index contributed by atoms with van der Waals surface area (Å²) in [6.07, 6.45) is 3.10. The van der Waals surface area contributed by atoms with E-state index in [1.54, 1.807) is 0 Å². The van der Waals surface area contributed by atoms with Crippen molar-refractivity contribution in [2.45, 2.75) is 50.7 Å². The number of fused-ring (bicyclic) bond motifs is 1. The van der Waals surface area contributed by atoms with Gasteiger partial charge in [0, 0.05) is 36.5 Å². The number of nitrogens with zero attached hydrogens (tertiary/aromatic N) is 4. The molecule has 1 saturated carbocycles. The largest absolute Gasteiger partial charge is 0.353 e. The van der Waals surface area contributed by atoms with E-state index in [2.05, 4.69) is 37.8 Å². The quantitative estimate of drug-likeness (QED) is 0.398. The molecule has 0 spiro atoms. The Bertz CT molecular complexity index is 805. The monoisotopic (exact) mass is 486 g/mol. The van der Waals surface area contributed by atoms with Crippen molar-refractivity contribution in [1.29, 1.82) is 0 Å². The molecule has 2 aromatic rings. The number of rotatable bonds is 3. The van der Waals surface area contributed by atoms with Crippen LogP contribution in [0.3, 0.4) is 0 Å². The number of aromatic nitrogens is 3.